The third-order valence-corrected chi connectivity index (χ3v) is 4.78. The molecule has 2 amide bonds. The van der Waals surface area contributed by atoms with Crippen molar-refractivity contribution in [2.45, 2.75) is 39.2 Å². The molecule has 126 valence electrons. The van der Waals surface area contributed by atoms with Gasteiger partial charge in [-0.1, -0.05) is 0 Å². The molecule has 0 aromatic heterocycles. The highest BCUT2D eigenvalue weighted by molar-refractivity contribution is 5.78. The van der Waals surface area contributed by atoms with Crippen LogP contribution in [0.1, 0.15) is 33.1 Å². The second-order valence-corrected chi connectivity index (χ2v) is 6.22. The SMILES string of the molecule is CCN(CC)C(=O)CN1CCN(C(=O)CC2CCCN2)CC1. The first-order valence-corrected chi connectivity index (χ1v) is 8.65. The maximum absolute atomic E-state index is 12.3. The van der Waals surface area contributed by atoms with Gasteiger partial charge in [0.2, 0.25) is 11.8 Å². The van der Waals surface area contributed by atoms with Crippen molar-refractivity contribution >= 4 is 11.8 Å². The van der Waals surface area contributed by atoms with Crippen molar-refractivity contribution in [1.29, 1.82) is 0 Å². The molecule has 2 fully saturated rings. The minimum atomic E-state index is 0.194. The Morgan fingerprint density at radius 2 is 1.82 bits per heavy atom. The van der Waals surface area contributed by atoms with Crippen LogP contribution >= 0.6 is 0 Å². The zero-order valence-corrected chi connectivity index (χ0v) is 14.0. The Hall–Kier alpha value is -1.14. The summed E-state index contributed by atoms with van der Waals surface area (Å²) in [4.78, 5) is 30.4. The van der Waals surface area contributed by atoms with Gasteiger partial charge in [-0.15, -0.1) is 0 Å². The summed E-state index contributed by atoms with van der Waals surface area (Å²) in [6.07, 6.45) is 2.92. The average molecular weight is 310 g/mol. The van der Waals surface area contributed by atoms with Crippen LogP contribution in [0, 0.1) is 0 Å². The molecule has 0 radical (unpaired) electrons. The molecular weight excluding hydrogens is 280 g/mol. The molecule has 0 aromatic rings. The molecule has 2 rings (SSSR count). The van der Waals surface area contributed by atoms with E-state index in [1.54, 1.807) is 0 Å². The third-order valence-electron chi connectivity index (χ3n) is 4.78. The van der Waals surface area contributed by atoms with Gasteiger partial charge in [0.15, 0.2) is 0 Å². The Balaban J connectivity index is 1.70. The molecule has 0 saturated carbocycles. The lowest BCUT2D eigenvalue weighted by molar-refractivity contribution is -0.135. The van der Waals surface area contributed by atoms with E-state index in [9.17, 15) is 9.59 Å². The number of carbonyl (C=O) groups is 2. The number of hydrogen-bond donors (Lipinski definition) is 1. The molecule has 0 aromatic carbocycles. The first-order valence-electron chi connectivity index (χ1n) is 8.65. The zero-order chi connectivity index (χ0) is 15.9. The smallest absolute Gasteiger partial charge is 0.236 e. The minimum absolute atomic E-state index is 0.194. The van der Waals surface area contributed by atoms with Gasteiger partial charge in [0.05, 0.1) is 6.54 Å². The topological polar surface area (TPSA) is 55.9 Å². The van der Waals surface area contributed by atoms with Crippen LogP contribution < -0.4 is 5.32 Å². The summed E-state index contributed by atoms with van der Waals surface area (Å²) >= 11 is 0. The Labute approximate surface area is 133 Å². The van der Waals surface area contributed by atoms with E-state index in [2.05, 4.69) is 10.2 Å². The van der Waals surface area contributed by atoms with Gasteiger partial charge in [0.25, 0.3) is 0 Å². The number of nitrogens with one attached hydrogen (secondary N) is 1. The number of carbonyl (C=O) groups excluding carboxylic acids is 2. The summed E-state index contributed by atoms with van der Waals surface area (Å²) in [6.45, 7) is 10.2. The van der Waals surface area contributed by atoms with Crippen LogP contribution in [0.3, 0.4) is 0 Å². The van der Waals surface area contributed by atoms with Crippen molar-refractivity contribution in [1.82, 2.24) is 20.0 Å². The number of piperazine rings is 1. The highest BCUT2D eigenvalue weighted by Gasteiger charge is 2.26. The highest BCUT2D eigenvalue weighted by atomic mass is 16.2. The van der Waals surface area contributed by atoms with Crippen LogP contribution in [0.5, 0.6) is 0 Å². The van der Waals surface area contributed by atoms with E-state index in [1.807, 2.05) is 23.6 Å². The van der Waals surface area contributed by atoms with Gasteiger partial charge in [0, 0.05) is 51.7 Å². The number of likely N-dealkylation sites (N-methyl/N-ethyl adjacent to an activating group) is 1. The van der Waals surface area contributed by atoms with Crippen molar-refractivity contribution in [2.75, 3.05) is 52.4 Å². The second kappa shape index (κ2) is 8.48. The number of rotatable bonds is 6. The van der Waals surface area contributed by atoms with E-state index in [1.165, 1.54) is 6.42 Å². The van der Waals surface area contributed by atoms with Crippen LogP contribution in [0.15, 0.2) is 0 Å². The van der Waals surface area contributed by atoms with Gasteiger partial charge in [0.1, 0.15) is 0 Å². The lowest BCUT2D eigenvalue weighted by Gasteiger charge is -2.35. The van der Waals surface area contributed by atoms with Crippen LogP contribution in [-0.4, -0.2) is 84.9 Å². The fraction of sp³-hybridized carbons (Fsp3) is 0.875. The summed E-state index contributed by atoms with van der Waals surface area (Å²) in [5.74, 6) is 0.453. The fourth-order valence-corrected chi connectivity index (χ4v) is 3.29. The predicted molar refractivity (Wildman–Crippen MR) is 86.6 cm³/mol. The third kappa shape index (κ3) is 4.68. The predicted octanol–water partition coefficient (Wildman–Crippen LogP) is 0.141. The molecule has 1 N–H and O–H groups in total. The molecule has 2 heterocycles. The van der Waals surface area contributed by atoms with E-state index in [0.717, 1.165) is 52.2 Å². The molecule has 1 atom stereocenters. The molecule has 2 aliphatic heterocycles. The van der Waals surface area contributed by atoms with Gasteiger partial charge >= 0.3 is 0 Å². The summed E-state index contributed by atoms with van der Waals surface area (Å²) in [5, 5.41) is 3.38. The molecule has 2 aliphatic rings. The van der Waals surface area contributed by atoms with E-state index >= 15 is 0 Å². The van der Waals surface area contributed by atoms with Crippen LogP contribution in [0.2, 0.25) is 0 Å². The Bertz CT molecular complexity index is 370. The maximum atomic E-state index is 12.3. The Kier molecular flexibility index (Phi) is 6.64. The standard InChI is InChI=1S/C16H30N4O2/c1-3-19(4-2)16(22)13-18-8-10-20(11-9-18)15(21)12-14-6-5-7-17-14/h14,17H,3-13H2,1-2H3. The summed E-state index contributed by atoms with van der Waals surface area (Å²) in [7, 11) is 0. The van der Waals surface area contributed by atoms with Gasteiger partial charge in [-0.05, 0) is 33.2 Å². The van der Waals surface area contributed by atoms with Gasteiger partial charge in [-0.2, -0.15) is 0 Å². The van der Waals surface area contributed by atoms with Crippen molar-refractivity contribution in [3.05, 3.63) is 0 Å². The monoisotopic (exact) mass is 310 g/mol. The lowest BCUT2D eigenvalue weighted by atomic mass is 10.1. The zero-order valence-electron chi connectivity index (χ0n) is 14.0. The van der Waals surface area contributed by atoms with Crippen molar-refractivity contribution in [3.8, 4) is 0 Å². The number of amides is 2. The molecule has 6 heteroatoms. The van der Waals surface area contributed by atoms with Gasteiger partial charge < -0.3 is 15.1 Å². The van der Waals surface area contributed by atoms with Crippen molar-refractivity contribution < 1.29 is 9.59 Å². The van der Waals surface area contributed by atoms with Gasteiger partial charge in [-0.3, -0.25) is 14.5 Å². The van der Waals surface area contributed by atoms with Crippen LogP contribution in [0.25, 0.3) is 0 Å². The van der Waals surface area contributed by atoms with E-state index in [-0.39, 0.29) is 11.8 Å². The molecule has 6 nitrogen and oxygen atoms in total. The Morgan fingerprint density at radius 1 is 1.14 bits per heavy atom. The summed E-state index contributed by atoms with van der Waals surface area (Å²) < 4.78 is 0. The molecule has 22 heavy (non-hydrogen) atoms. The molecule has 0 spiro atoms. The summed E-state index contributed by atoms with van der Waals surface area (Å²) in [5.41, 5.74) is 0. The quantitative estimate of drug-likeness (QED) is 0.758. The lowest BCUT2D eigenvalue weighted by Crippen LogP contribution is -2.52. The van der Waals surface area contributed by atoms with Gasteiger partial charge in [-0.25, -0.2) is 0 Å². The number of hydrogen-bond acceptors (Lipinski definition) is 4. The van der Waals surface area contributed by atoms with Crippen molar-refractivity contribution in [3.63, 3.8) is 0 Å². The van der Waals surface area contributed by atoms with E-state index in [0.29, 0.717) is 19.0 Å². The molecule has 0 bridgehead atoms. The maximum Gasteiger partial charge on any atom is 0.236 e. The molecule has 1 unspecified atom stereocenters. The highest BCUT2D eigenvalue weighted by Crippen LogP contribution is 2.12. The fourth-order valence-electron chi connectivity index (χ4n) is 3.29. The molecule has 2 saturated heterocycles. The van der Waals surface area contributed by atoms with Crippen LogP contribution in [0.4, 0.5) is 0 Å². The largest absolute Gasteiger partial charge is 0.342 e. The van der Waals surface area contributed by atoms with E-state index < -0.39 is 0 Å². The number of nitrogens with zero attached hydrogens (tertiary/aromatic N) is 3. The first kappa shape index (κ1) is 17.2. The van der Waals surface area contributed by atoms with Crippen LogP contribution in [-0.2, 0) is 9.59 Å². The molecular formula is C16H30N4O2. The Morgan fingerprint density at radius 3 is 2.36 bits per heavy atom. The van der Waals surface area contributed by atoms with E-state index in [4.69, 9.17) is 0 Å². The molecule has 0 aliphatic carbocycles. The minimum Gasteiger partial charge on any atom is -0.342 e. The first-order chi connectivity index (χ1) is 10.6. The van der Waals surface area contributed by atoms with Crippen molar-refractivity contribution in [2.24, 2.45) is 0 Å². The average Bonchev–Trinajstić information content (AvgIpc) is 3.02. The normalized spacial score (nSPS) is 22.8. The summed E-state index contributed by atoms with van der Waals surface area (Å²) in [6, 6.07) is 0.370. The second-order valence-electron chi connectivity index (χ2n) is 6.22.